The van der Waals surface area contributed by atoms with E-state index in [4.69, 9.17) is 9.47 Å². The first kappa shape index (κ1) is 24.9. The molecule has 2 saturated heterocycles. The molecule has 2 heterocycles. The van der Waals surface area contributed by atoms with Gasteiger partial charge in [0.1, 0.15) is 18.8 Å². The minimum atomic E-state index is -0.702. The molecule has 2 aromatic carbocycles. The summed E-state index contributed by atoms with van der Waals surface area (Å²) in [5.41, 5.74) is 3.15. The summed E-state index contributed by atoms with van der Waals surface area (Å²) in [6, 6.07) is 12.3. The summed E-state index contributed by atoms with van der Waals surface area (Å²) >= 11 is 0. The first-order chi connectivity index (χ1) is 16.9. The highest BCUT2D eigenvalue weighted by molar-refractivity contribution is 6.46. The summed E-state index contributed by atoms with van der Waals surface area (Å²) in [7, 11) is 1.57. The summed E-state index contributed by atoms with van der Waals surface area (Å²) in [4.78, 5) is 29.4. The Morgan fingerprint density at radius 1 is 1.14 bits per heavy atom. The van der Waals surface area contributed by atoms with Crippen molar-refractivity contribution in [2.45, 2.75) is 32.7 Å². The van der Waals surface area contributed by atoms with Crippen LogP contribution in [0, 0.1) is 6.92 Å². The van der Waals surface area contributed by atoms with Gasteiger partial charge in [-0.05, 0) is 47.7 Å². The molecule has 0 saturated carbocycles. The molecule has 7 heteroatoms. The van der Waals surface area contributed by atoms with Gasteiger partial charge in [0, 0.05) is 18.5 Å². The highest BCUT2D eigenvalue weighted by atomic mass is 16.5. The number of ketones is 1. The predicted molar refractivity (Wildman–Crippen MR) is 131 cm³/mol. The average molecular weight is 479 g/mol. The van der Waals surface area contributed by atoms with E-state index in [1.54, 1.807) is 30.2 Å². The van der Waals surface area contributed by atoms with Crippen molar-refractivity contribution in [2.75, 3.05) is 46.5 Å². The molecule has 1 unspecified atom stereocenters. The lowest BCUT2D eigenvalue weighted by atomic mass is 9.94. The van der Waals surface area contributed by atoms with Crippen molar-refractivity contribution >= 4 is 17.4 Å². The van der Waals surface area contributed by atoms with Crippen molar-refractivity contribution in [1.82, 2.24) is 4.90 Å². The van der Waals surface area contributed by atoms with E-state index in [-0.39, 0.29) is 5.57 Å². The van der Waals surface area contributed by atoms with Gasteiger partial charge in [0.15, 0.2) is 0 Å². The molecule has 4 rings (SSSR count). The Kier molecular flexibility index (Phi) is 7.88. The number of morpholine rings is 1. The number of quaternary nitrogens is 1. The molecule has 0 aromatic heterocycles. The summed E-state index contributed by atoms with van der Waals surface area (Å²) in [5, 5.41) is 13.6. The smallest absolute Gasteiger partial charge is 0.295 e. The minimum absolute atomic E-state index is 0.0301. The van der Waals surface area contributed by atoms with Gasteiger partial charge < -0.3 is 24.4 Å². The van der Waals surface area contributed by atoms with Crippen LogP contribution in [0.3, 0.4) is 0 Å². The third kappa shape index (κ3) is 5.26. The molecule has 2 aliphatic rings. The molecule has 2 fully saturated rings. The number of hydrogen-bond acceptors (Lipinski definition) is 5. The minimum Gasteiger partial charge on any atom is -0.872 e. The first-order valence-electron chi connectivity index (χ1n) is 12.4. The van der Waals surface area contributed by atoms with E-state index in [2.05, 4.69) is 6.92 Å². The van der Waals surface area contributed by atoms with Crippen molar-refractivity contribution < 1.29 is 29.1 Å². The van der Waals surface area contributed by atoms with Crippen LogP contribution in [0.15, 0.2) is 48.0 Å². The van der Waals surface area contributed by atoms with Crippen molar-refractivity contribution in [1.29, 1.82) is 0 Å². The predicted octanol–water partition coefficient (Wildman–Crippen LogP) is 1.10. The van der Waals surface area contributed by atoms with Crippen LogP contribution in [-0.2, 0) is 20.7 Å². The monoisotopic (exact) mass is 478 g/mol. The third-order valence-corrected chi connectivity index (χ3v) is 7.02. The van der Waals surface area contributed by atoms with Crippen LogP contribution in [0.1, 0.15) is 41.6 Å². The van der Waals surface area contributed by atoms with Crippen LogP contribution in [0.25, 0.3) is 5.76 Å². The Morgan fingerprint density at radius 2 is 1.86 bits per heavy atom. The Morgan fingerprint density at radius 3 is 2.49 bits per heavy atom. The van der Waals surface area contributed by atoms with Gasteiger partial charge in [-0.15, -0.1) is 0 Å². The first-order valence-corrected chi connectivity index (χ1v) is 12.4. The molecular formula is C28H34N2O5. The molecule has 35 heavy (non-hydrogen) atoms. The van der Waals surface area contributed by atoms with Gasteiger partial charge in [-0.2, -0.15) is 0 Å². The van der Waals surface area contributed by atoms with E-state index >= 15 is 0 Å². The zero-order valence-electron chi connectivity index (χ0n) is 20.8. The number of benzene rings is 2. The molecule has 7 nitrogen and oxygen atoms in total. The number of nitrogens with zero attached hydrogens (tertiary/aromatic N) is 1. The number of nitrogens with one attached hydrogen (secondary N) is 1. The Bertz CT molecular complexity index is 1100. The fourth-order valence-corrected chi connectivity index (χ4v) is 4.97. The number of amides is 1. The summed E-state index contributed by atoms with van der Waals surface area (Å²) < 4.78 is 10.7. The number of Topliss-reactive ketones (excluding diaryl/α,β-unsaturated/α-hetero) is 1. The number of aryl methyl sites for hydroxylation is 2. The zero-order chi connectivity index (χ0) is 24.9. The number of rotatable bonds is 8. The van der Waals surface area contributed by atoms with Gasteiger partial charge in [-0.25, -0.2) is 0 Å². The van der Waals surface area contributed by atoms with Crippen LogP contribution in [0.2, 0.25) is 0 Å². The maximum absolute atomic E-state index is 13.6. The van der Waals surface area contributed by atoms with E-state index in [1.807, 2.05) is 31.2 Å². The maximum atomic E-state index is 13.6. The lowest BCUT2D eigenvalue weighted by Gasteiger charge is -2.29. The number of ether oxygens (including phenoxy) is 2. The molecular weight excluding hydrogens is 444 g/mol. The van der Waals surface area contributed by atoms with E-state index in [0.717, 1.165) is 62.4 Å². The van der Waals surface area contributed by atoms with Crippen LogP contribution < -0.4 is 14.7 Å². The Labute approximate surface area is 206 Å². The molecule has 2 aromatic rings. The molecule has 0 bridgehead atoms. The average Bonchev–Trinajstić information content (AvgIpc) is 3.14. The number of methoxy groups -OCH3 is 1. The normalized spacial score (nSPS) is 20.4. The van der Waals surface area contributed by atoms with Crippen LogP contribution in [0.5, 0.6) is 5.75 Å². The fourth-order valence-electron chi connectivity index (χ4n) is 4.97. The van der Waals surface area contributed by atoms with Gasteiger partial charge in [0.2, 0.25) is 5.78 Å². The molecule has 0 aliphatic carbocycles. The molecule has 0 radical (unpaired) electrons. The lowest BCUT2D eigenvalue weighted by Crippen LogP contribution is -3.14. The molecule has 186 valence electrons. The zero-order valence-corrected chi connectivity index (χ0v) is 20.8. The summed E-state index contributed by atoms with van der Waals surface area (Å²) in [6.07, 6.45) is 1.64. The van der Waals surface area contributed by atoms with Crippen molar-refractivity contribution in [3.8, 4) is 5.75 Å². The highest BCUT2D eigenvalue weighted by Crippen LogP contribution is 2.39. The molecule has 1 atom stereocenters. The Hall–Kier alpha value is -3.16. The molecule has 2 aliphatic heterocycles. The lowest BCUT2D eigenvalue weighted by molar-refractivity contribution is -0.908. The second-order valence-electron chi connectivity index (χ2n) is 9.22. The summed E-state index contributed by atoms with van der Waals surface area (Å²) in [5.74, 6) is -1.04. The van der Waals surface area contributed by atoms with Crippen molar-refractivity contribution in [3.63, 3.8) is 0 Å². The van der Waals surface area contributed by atoms with Crippen LogP contribution in [-0.4, -0.2) is 63.1 Å². The Balaban J connectivity index is 1.69. The topological polar surface area (TPSA) is 83.3 Å². The van der Waals surface area contributed by atoms with E-state index in [9.17, 15) is 14.7 Å². The second-order valence-corrected chi connectivity index (χ2v) is 9.22. The standard InChI is InChI=1S/C28H34N2O5/c1-4-20-6-8-21(9-7-20)25-24(26(31)22-10-11-23(34-3)19(2)18-22)27(32)28(33)30(25)13-5-12-29-14-16-35-17-15-29/h6-11,18,25,31H,4-5,12-17H2,1-3H3. The third-order valence-electron chi connectivity index (χ3n) is 7.02. The quantitative estimate of drug-likeness (QED) is 0.349. The number of likely N-dealkylation sites (tertiary alicyclic amines) is 1. The molecule has 1 amide bonds. The van der Waals surface area contributed by atoms with Gasteiger partial charge in [-0.3, -0.25) is 9.59 Å². The molecule has 0 spiro atoms. The van der Waals surface area contributed by atoms with E-state index in [0.29, 0.717) is 17.9 Å². The van der Waals surface area contributed by atoms with Crippen molar-refractivity contribution in [3.05, 3.63) is 70.3 Å². The fraction of sp³-hybridized carbons (Fsp3) is 0.429. The van der Waals surface area contributed by atoms with E-state index in [1.165, 1.54) is 4.90 Å². The van der Waals surface area contributed by atoms with Gasteiger partial charge in [-0.1, -0.05) is 43.0 Å². The highest BCUT2D eigenvalue weighted by Gasteiger charge is 2.44. The number of hydrogen-bond donors (Lipinski definition) is 1. The second kappa shape index (κ2) is 11.1. The SMILES string of the molecule is CCc1ccc(C2C(=C([O-])c3ccc(OC)c(C)c3)C(=O)C(=O)N2CCC[NH+]2CCOCC2)cc1. The number of carbonyl (C=O) groups excluding carboxylic acids is 2. The molecule has 1 N–H and O–H groups in total. The summed E-state index contributed by atoms with van der Waals surface area (Å²) in [6.45, 7) is 8.63. The van der Waals surface area contributed by atoms with Crippen LogP contribution >= 0.6 is 0 Å². The van der Waals surface area contributed by atoms with Crippen LogP contribution in [0.4, 0.5) is 0 Å². The van der Waals surface area contributed by atoms with Gasteiger partial charge in [0.25, 0.3) is 5.91 Å². The van der Waals surface area contributed by atoms with Gasteiger partial charge in [0.05, 0.1) is 32.9 Å². The van der Waals surface area contributed by atoms with E-state index < -0.39 is 23.5 Å². The van der Waals surface area contributed by atoms with Crippen molar-refractivity contribution in [2.24, 2.45) is 0 Å². The maximum Gasteiger partial charge on any atom is 0.295 e. The van der Waals surface area contributed by atoms with Gasteiger partial charge >= 0.3 is 0 Å². The largest absolute Gasteiger partial charge is 0.872 e. The number of carbonyl (C=O) groups is 2.